The molecule has 1 fully saturated rings. The first-order valence-corrected chi connectivity index (χ1v) is 13.7. The van der Waals surface area contributed by atoms with Crippen molar-refractivity contribution in [2.24, 2.45) is 17.8 Å². The van der Waals surface area contributed by atoms with Gasteiger partial charge >= 0.3 is 5.97 Å². The minimum atomic E-state index is -0.309. The van der Waals surface area contributed by atoms with Crippen LogP contribution in [0.3, 0.4) is 0 Å². The monoisotopic (exact) mass is 522 g/mol. The highest BCUT2D eigenvalue weighted by Crippen LogP contribution is 2.42. The van der Waals surface area contributed by atoms with Gasteiger partial charge in [0.15, 0.2) is 0 Å². The van der Waals surface area contributed by atoms with Crippen molar-refractivity contribution in [2.45, 2.75) is 69.9 Å². The molecule has 180 valence electrons. The third kappa shape index (κ3) is 4.64. The van der Waals surface area contributed by atoms with E-state index < -0.39 is 0 Å². The van der Waals surface area contributed by atoms with Crippen LogP contribution in [0, 0.1) is 17.8 Å². The number of rotatable bonds is 5. The van der Waals surface area contributed by atoms with Crippen molar-refractivity contribution >= 4 is 43.4 Å². The molecule has 1 saturated carbocycles. The molecule has 0 N–H and O–H groups in total. The number of carbonyl (C=O) groups is 1. The van der Waals surface area contributed by atoms with Crippen molar-refractivity contribution in [1.82, 2.24) is 0 Å². The molecular weight excluding hydrogens is 488 g/mol. The van der Waals surface area contributed by atoms with E-state index in [0.29, 0.717) is 17.8 Å². The molecule has 0 spiro atoms. The van der Waals surface area contributed by atoms with E-state index in [1.54, 1.807) is 0 Å². The highest BCUT2D eigenvalue weighted by atomic mass is 79.9. The van der Waals surface area contributed by atoms with Gasteiger partial charge in [0.1, 0.15) is 12.7 Å². The Morgan fingerprint density at radius 3 is 2.62 bits per heavy atom. The molecule has 4 heteroatoms. The van der Waals surface area contributed by atoms with Crippen molar-refractivity contribution in [3.63, 3.8) is 0 Å². The third-order valence-electron chi connectivity index (χ3n) is 8.00. The molecular formula is C30H35BrO3. The summed E-state index contributed by atoms with van der Waals surface area (Å²) < 4.78 is 12.4. The van der Waals surface area contributed by atoms with Crippen LogP contribution in [0.4, 0.5) is 0 Å². The van der Waals surface area contributed by atoms with Gasteiger partial charge in [-0.2, -0.15) is 0 Å². The summed E-state index contributed by atoms with van der Waals surface area (Å²) in [5.74, 6) is 1.46. The standard InChI is InChI=1S/C30H35BrO3/c1-18(2)22-12-8-19(3)16-27(22)33-17-28(32)34-30-26(31)15-11-21-10-13-24-23-7-5-4-6-20(23)9-14-25(24)29(21)30/h4-7,9-10,13-14,18-19,22,26-27,30H,8,11-12,15-17H2,1-3H3/t19-,22+,26+,27-,30-/m1/s1. The molecule has 3 nitrogen and oxygen atoms in total. The zero-order valence-electron chi connectivity index (χ0n) is 20.4. The number of hydrogen-bond acceptors (Lipinski definition) is 3. The Morgan fingerprint density at radius 2 is 1.79 bits per heavy atom. The van der Waals surface area contributed by atoms with Gasteiger partial charge in [-0.25, -0.2) is 4.79 Å². The van der Waals surface area contributed by atoms with Crippen LogP contribution in [0.1, 0.15) is 63.7 Å². The molecule has 3 aromatic rings. The minimum Gasteiger partial charge on any atom is -0.455 e. The Kier molecular flexibility index (Phi) is 7.00. The summed E-state index contributed by atoms with van der Waals surface area (Å²) in [5, 5.41) is 4.86. The van der Waals surface area contributed by atoms with E-state index in [1.165, 1.54) is 39.9 Å². The van der Waals surface area contributed by atoms with Crippen LogP contribution in [0.25, 0.3) is 21.5 Å². The van der Waals surface area contributed by atoms with Gasteiger partial charge in [0.05, 0.1) is 10.9 Å². The predicted molar refractivity (Wildman–Crippen MR) is 142 cm³/mol. The van der Waals surface area contributed by atoms with Gasteiger partial charge in [0.2, 0.25) is 0 Å². The number of halogens is 1. The summed E-state index contributed by atoms with van der Waals surface area (Å²) in [7, 11) is 0. The number of esters is 1. The SMILES string of the molecule is CC(C)[C@@H]1CC[C@@H](C)C[C@H]1OCC(=O)O[C@H]1c2c(ccc3c2ccc2ccccc23)CC[C@@H]1Br. The summed E-state index contributed by atoms with van der Waals surface area (Å²) in [4.78, 5) is 13.1. The van der Waals surface area contributed by atoms with Crippen molar-refractivity contribution in [1.29, 1.82) is 0 Å². The van der Waals surface area contributed by atoms with Crippen LogP contribution < -0.4 is 0 Å². The van der Waals surface area contributed by atoms with Gasteiger partial charge in [-0.15, -0.1) is 0 Å². The highest BCUT2D eigenvalue weighted by Gasteiger charge is 2.35. The van der Waals surface area contributed by atoms with Crippen LogP contribution in [0.15, 0.2) is 48.5 Å². The number of fused-ring (bicyclic) bond motifs is 5. The molecule has 34 heavy (non-hydrogen) atoms. The average molecular weight is 524 g/mol. The molecule has 0 amide bonds. The van der Waals surface area contributed by atoms with Gasteiger partial charge < -0.3 is 9.47 Å². The van der Waals surface area contributed by atoms with Gasteiger partial charge in [-0.05, 0) is 70.5 Å². The lowest BCUT2D eigenvalue weighted by atomic mass is 9.75. The summed E-state index contributed by atoms with van der Waals surface area (Å²) in [6, 6.07) is 17.3. The van der Waals surface area contributed by atoms with Crippen LogP contribution in [0.5, 0.6) is 0 Å². The van der Waals surface area contributed by atoms with E-state index in [2.05, 4.69) is 85.2 Å². The summed E-state index contributed by atoms with van der Waals surface area (Å²) in [5.41, 5.74) is 2.43. The van der Waals surface area contributed by atoms with Gasteiger partial charge in [-0.3, -0.25) is 0 Å². The fourth-order valence-electron chi connectivity index (χ4n) is 6.13. The maximum atomic E-state index is 13.0. The second-order valence-electron chi connectivity index (χ2n) is 10.7. The number of benzene rings is 3. The Morgan fingerprint density at radius 1 is 1.00 bits per heavy atom. The maximum absolute atomic E-state index is 13.0. The quantitative estimate of drug-likeness (QED) is 0.195. The topological polar surface area (TPSA) is 35.5 Å². The minimum absolute atomic E-state index is 0.0276. The maximum Gasteiger partial charge on any atom is 0.332 e. The van der Waals surface area contributed by atoms with Gasteiger partial charge in [0, 0.05) is 5.56 Å². The molecule has 2 aliphatic carbocycles. The molecule has 5 rings (SSSR count). The smallest absolute Gasteiger partial charge is 0.332 e. The molecule has 0 bridgehead atoms. The fraction of sp³-hybridized carbons (Fsp3) is 0.500. The molecule has 0 aromatic heterocycles. The number of aryl methyl sites for hydroxylation is 1. The second kappa shape index (κ2) is 9.99. The predicted octanol–water partition coefficient (Wildman–Crippen LogP) is 7.76. The zero-order chi connectivity index (χ0) is 23.8. The molecule has 2 aliphatic rings. The van der Waals surface area contributed by atoms with Crippen LogP contribution in [0.2, 0.25) is 0 Å². The van der Waals surface area contributed by atoms with Crippen LogP contribution >= 0.6 is 15.9 Å². The number of carbonyl (C=O) groups excluding carboxylic acids is 1. The van der Waals surface area contributed by atoms with Gasteiger partial charge in [-0.1, -0.05) is 91.7 Å². The normalized spacial score (nSPS) is 27.1. The molecule has 0 unspecified atom stereocenters. The first-order valence-electron chi connectivity index (χ1n) is 12.8. The summed E-state index contributed by atoms with van der Waals surface area (Å²) in [6.45, 7) is 6.84. The van der Waals surface area contributed by atoms with E-state index in [4.69, 9.17) is 9.47 Å². The van der Waals surface area contributed by atoms with E-state index in [9.17, 15) is 4.79 Å². The lowest BCUT2D eigenvalue weighted by molar-refractivity contribution is -0.160. The van der Waals surface area contributed by atoms with E-state index >= 15 is 0 Å². The van der Waals surface area contributed by atoms with E-state index in [1.807, 2.05) is 0 Å². The fourth-order valence-corrected chi connectivity index (χ4v) is 6.73. The second-order valence-corrected chi connectivity index (χ2v) is 11.8. The summed E-state index contributed by atoms with van der Waals surface area (Å²) in [6.07, 6.45) is 5.21. The lowest BCUT2D eigenvalue weighted by Crippen LogP contribution is -2.36. The first kappa shape index (κ1) is 23.8. The Bertz CT molecular complexity index is 1190. The lowest BCUT2D eigenvalue weighted by Gasteiger charge is -2.37. The van der Waals surface area contributed by atoms with E-state index in [0.717, 1.165) is 24.8 Å². The number of alkyl halides is 1. The Hall–Kier alpha value is -1.91. The van der Waals surface area contributed by atoms with Crippen molar-refractivity contribution < 1.29 is 14.3 Å². The number of hydrogen-bond donors (Lipinski definition) is 0. The third-order valence-corrected chi connectivity index (χ3v) is 8.93. The zero-order valence-corrected chi connectivity index (χ0v) is 22.0. The Labute approximate surface area is 211 Å². The van der Waals surface area contributed by atoms with Crippen LogP contribution in [-0.2, 0) is 20.7 Å². The average Bonchev–Trinajstić information content (AvgIpc) is 2.83. The Balaban J connectivity index is 1.39. The highest BCUT2D eigenvalue weighted by molar-refractivity contribution is 9.09. The van der Waals surface area contributed by atoms with Crippen LogP contribution in [-0.4, -0.2) is 23.5 Å². The van der Waals surface area contributed by atoms with E-state index in [-0.39, 0.29) is 29.6 Å². The molecule has 0 saturated heterocycles. The molecule has 0 radical (unpaired) electrons. The van der Waals surface area contributed by atoms with Gasteiger partial charge in [0.25, 0.3) is 0 Å². The first-order chi connectivity index (χ1) is 16.4. The number of ether oxygens (including phenoxy) is 2. The molecule has 5 atom stereocenters. The molecule has 0 aliphatic heterocycles. The molecule has 0 heterocycles. The molecule has 3 aromatic carbocycles. The van der Waals surface area contributed by atoms with Crippen molar-refractivity contribution in [2.75, 3.05) is 6.61 Å². The largest absolute Gasteiger partial charge is 0.455 e. The summed E-state index contributed by atoms with van der Waals surface area (Å²) >= 11 is 3.83. The van der Waals surface area contributed by atoms with Crippen molar-refractivity contribution in [3.8, 4) is 0 Å². The van der Waals surface area contributed by atoms with Crippen molar-refractivity contribution in [3.05, 3.63) is 59.7 Å².